The molecule has 0 unspecified atom stereocenters. The molecule has 0 fully saturated rings. The number of hydrogen-bond donors (Lipinski definition) is 1. The lowest BCUT2D eigenvalue weighted by Crippen LogP contribution is -2.14. The predicted molar refractivity (Wildman–Crippen MR) is 87.4 cm³/mol. The molecule has 0 radical (unpaired) electrons. The molecule has 0 atom stereocenters. The molecular weight excluding hydrogens is 357 g/mol. The molecule has 6 heteroatoms. The van der Waals surface area contributed by atoms with Crippen molar-refractivity contribution in [3.8, 4) is 11.5 Å². The van der Waals surface area contributed by atoms with E-state index in [-0.39, 0.29) is 10.8 Å². The molecule has 2 rings (SSSR count). The lowest BCUT2D eigenvalue weighted by atomic mass is 10.2. The first-order valence-corrected chi connectivity index (χ1v) is 7.37. The summed E-state index contributed by atoms with van der Waals surface area (Å²) in [6.07, 6.45) is 0. The molecule has 0 saturated carbocycles. The van der Waals surface area contributed by atoms with E-state index in [0.717, 1.165) is 4.47 Å². The van der Waals surface area contributed by atoms with Gasteiger partial charge in [-0.05, 0) is 42.5 Å². The fourth-order valence-corrected chi connectivity index (χ4v) is 2.18. The van der Waals surface area contributed by atoms with Crippen molar-refractivity contribution in [1.29, 1.82) is 0 Å². The maximum atomic E-state index is 12.7. The molecule has 2 aromatic carbocycles. The lowest BCUT2D eigenvalue weighted by Gasteiger charge is -2.12. The first-order valence-electron chi connectivity index (χ1n) is 6.17. The Kier molecular flexibility index (Phi) is 5.52. The first-order chi connectivity index (χ1) is 10.1. The van der Waals surface area contributed by atoms with Gasteiger partial charge in [0.05, 0.1) is 5.56 Å². The molecule has 0 aromatic heterocycles. The highest BCUT2D eigenvalue weighted by Gasteiger charge is 2.07. The van der Waals surface area contributed by atoms with Gasteiger partial charge in [0, 0.05) is 4.47 Å². The number of ether oxygens (including phenoxy) is 2. The van der Waals surface area contributed by atoms with Gasteiger partial charge in [-0.1, -0.05) is 28.1 Å². The van der Waals surface area contributed by atoms with E-state index in [1.807, 2.05) is 6.07 Å². The van der Waals surface area contributed by atoms with Crippen molar-refractivity contribution in [2.75, 3.05) is 13.2 Å². The standard InChI is InChI=1S/C15H13BrFNO2S/c16-10-1-6-14(13(9-10)15(18)21)20-8-7-19-12-4-2-11(17)3-5-12/h1-6,9H,7-8H2,(H2,18,21). The van der Waals surface area contributed by atoms with Crippen LogP contribution in [0.25, 0.3) is 0 Å². The van der Waals surface area contributed by atoms with Crippen LogP contribution in [-0.2, 0) is 0 Å². The van der Waals surface area contributed by atoms with Crippen LogP contribution >= 0.6 is 28.1 Å². The minimum Gasteiger partial charge on any atom is -0.490 e. The summed E-state index contributed by atoms with van der Waals surface area (Å²) in [5.41, 5.74) is 6.32. The summed E-state index contributed by atoms with van der Waals surface area (Å²) in [5, 5.41) is 0. The van der Waals surface area contributed by atoms with Gasteiger partial charge < -0.3 is 15.2 Å². The summed E-state index contributed by atoms with van der Waals surface area (Å²) in [6, 6.07) is 11.3. The van der Waals surface area contributed by atoms with Gasteiger partial charge in [-0.2, -0.15) is 0 Å². The van der Waals surface area contributed by atoms with Crippen molar-refractivity contribution in [2.45, 2.75) is 0 Å². The van der Waals surface area contributed by atoms with Crippen molar-refractivity contribution in [3.05, 3.63) is 58.3 Å². The van der Waals surface area contributed by atoms with E-state index in [1.54, 1.807) is 24.3 Å². The number of hydrogen-bond acceptors (Lipinski definition) is 3. The molecule has 2 aromatic rings. The predicted octanol–water partition coefficient (Wildman–Crippen LogP) is 3.68. The van der Waals surface area contributed by atoms with E-state index in [4.69, 9.17) is 27.4 Å². The third-order valence-electron chi connectivity index (χ3n) is 2.63. The summed E-state index contributed by atoms with van der Waals surface area (Å²) in [5.74, 6) is 0.897. The second kappa shape index (κ2) is 7.38. The van der Waals surface area contributed by atoms with Crippen molar-refractivity contribution in [1.82, 2.24) is 0 Å². The summed E-state index contributed by atoms with van der Waals surface area (Å²) in [7, 11) is 0. The molecule has 0 amide bonds. The Balaban J connectivity index is 1.89. The Morgan fingerprint density at radius 3 is 2.43 bits per heavy atom. The van der Waals surface area contributed by atoms with Crippen LogP contribution < -0.4 is 15.2 Å². The minimum absolute atomic E-state index is 0.269. The maximum Gasteiger partial charge on any atom is 0.129 e. The highest BCUT2D eigenvalue weighted by Crippen LogP contribution is 2.23. The van der Waals surface area contributed by atoms with E-state index < -0.39 is 0 Å². The van der Waals surface area contributed by atoms with E-state index in [0.29, 0.717) is 30.3 Å². The van der Waals surface area contributed by atoms with Gasteiger partial charge in [0.15, 0.2) is 0 Å². The Labute approximate surface area is 136 Å². The highest BCUT2D eigenvalue weighted by molar-refractivity contribution is 9.10. The smallest absolute Gasteiger partial charge is 0.129 e. The number of benzene rings is 2. The molecule has 0 aliphatic rings. The number of thiocarbonyl (C=S) groups is 1. The molecule has 0 aliphatic heterocycles. The molecule has 3 nitrogen and oxygen atoms in total. The summed E-state index contributed by atoms with van der Waals surface area (Å²) >= 11 is 8.34. The van der Waals surface area contributed by atoms with Crippen molar-refractivity contribution in [3.63, 3.8) is 0 Å². The average Bonchev–Trinajstić information content (AvgIpc) is 2.46. The summed E-state index contributed by atoms with van der Waals surface area (Å²) in [4.78, 5) is 0.269. The van der Waals surface area contributed by atoms with Crippen LogP contribution in [0, 0.1) is 5.82 Å². The summed E-state index contributed by atoms with van der Waals surface area (Å²) in [6.45, 7) is 0.660. The van der Waals surface area contributed by atoms with Gasteiger partial charge in [-0.25, -0.2) is 4.39 Å². The van der Waals surface area contributed by atoms with Crippen LogP contribution in [0.5, 0.6) is 11.5 Å². The van der Waals surface area contributed by atoms with Crippen LogP contribution in [0.2, 0.25) is 0 Å². The zero-order valence-corrected chi connectivity index (χ0v) is 13.4. The fourth-order valence-electron chi connectivity index (χ4n) is 1.66. The van der Waals surface area contributed by atoms with Gasteiger partial charge in [0.25, 0.3) is 0 Å². The quantitative estimate of drug-likeness (QED) is 0.623. The van der Waals surface area contributed by atoms with Crippen molar-refractivity contribution < 1.29 is 13.9 Å². The molecular formula is C15H13BrFNO2S. The maximum absolute atomic E-state index is 12.7. The molecule has 21 heavy (non-hydrogen) atoms. The Morgan fingerprint density at radius 2 is 1.76 bits per heavy atom. The van der Waals surface area contributed by atoms with E-state index >= 15 is 0 Å². The fraction of sp³-hybridized carbons (Fsp3) is 0.133. The number of halogens is 2. The Morgan fingerprint density at radius 1 is 1.10 bits per heavy atom. The molecule has 0 spiro atoms. The van der Waals surface area contributed by atoms with Crippen molar-refractivity contribution >= 4 is 33.1 Å². The van der Waals surface area contributed by atoms with Gasteiger partial charge in [0.2, 0.25) is 0 Å². The zero-order valence-electron chi connectivity index (χ0n) is 11.0. The Hall–Kier alpha value is -1.66. The SMILES string of the molecule is NC(=S)c1cc(Br)ccc1OCCOc1ccc(F)cc1. The van der Waals surface area contributed by atoms with Gasteiger partial charge in [-0.3, -0.25) is 0 Å². The molecule has 0 heterocycles. The molecule has 0 bridgehead atoms. The highest BCUT2D eigenvalue weighted by atomic mass is 79.9. The monoisotopic (exact) mass is 369 g/mol. The van der Waals surface area contributed by atoms with E-state index in [1.165, 1.54) is 12.1 Å². The minimum atomic E-state index is -0.297. The van der Waals surface area contributed by atoms with Crippen molar-refractivity contribution in [2.24, 2.45) is 5.73 Å². The van der Waals surface area contributed by atoms with Crippen LogP contribution in [0.3, 0.4) is 0 Å². The topological polar surface area (TPSA) is 44.5 Å². The lowest BCUT2D eigenvalue weighted by molar-refractivity contribution is 0.217. The Bertz CT molecular complexity index is 634. The second-order valence-corrected chi connectivity index (χ2v) is 5.51. The van der Waals surface area contributed by atoms with Crippen LogP contribution in [0.4, 0.5) is 4.39 Å². The number of rotatable bonds is 6. The van der Waals surface area contributed by atoms with Crippen LogP contribution in [0.15, 0.2) is 46.9 Å². The van der Waals surface area contributed by atoms with Crippen LogP contribution in [-0.4, -0.2) is 18.2 Å². The first kappa shape index (κ1) is 15.7. The molecule has 110 valence electrons. The average molecular weight is 370 g/mol. The van der Waals surface area contributed by atoms with Gasteiger partial charge in [0.1, 0.15) is 35.5 Å². The molecule has 0 aliphatic carbocycles. The van der Waals surface area contributed by atoms with Gasteiger partial charge in [-0.15, -0.1) is 0 Å². The normalized spacial score (nSPS) is 10.2. The van der Waals surface area contributed by atoms with Crippen LogP contribution in [0.1, 0.15) is 5.56 Å². The molecule has 0 saturated heterocycles. The largest absolute Gasteiger partial charge is 0.490 e. The summed E-state index contributed by atoms with van der Waals surface area (Å²) < 4.78 is 24.7. The number of nitrogens with two attached hydrogens (primary N) is 1. The third kappa shape index (κ3) is 4.68. The second-order valence-electron chi connectivity index (χ2n) is 4.16. The zero-order chi connectivity index (χ0) is 15.2. The van der Waals surface area contributed by atoms with E-state index in [9.17, 15) is 4.39 Å². The molecule has 2 N–H and O–H groups in total. The third-order valence-corrected chi connectivity index (χ3v) is 3.34. The van der Waals surface area contributed by atoms with E-state index in [2.05, 4.69) is 15.9 Å². The van der Waals surface area contributed by atoms with Gasteiger partial charge >= 0.3 is 0 Å².